The summed E-state index contributed by atoms with van der Waals surface area (Å²) in [4.78, 5) is 187. The number of aliphatic hydroxyl groups is 1. The van der Waals surface area contributed by atoms with Crippen molar-refractivity contribution >= 4 is 82.9 Å². The summed E-state index contributed by atoms with van der Waals surface area (Å²) in [5.74, 6) is -9.56. The van der Waals surface area contributed by atoms with E-state index in [-0.39, 0.29) is 121 Å². The minimum Gasteiger partial charge on any atom is -0.480 e. The summed E-state index contributed by atoms with van der Waals surface area (Å²) < 4.78 is 0. The lowest BCUT2D eigenvalue weighted by atomic mass is 10.0. The van der Waals surface area contributed by atoms with Gasteiger partial charge in [-0.15, -0.1) is 0 Å². The SMILES string of the molecule is CCCC[C@H](NC(=O)[C@@H]1CCCN1C(=O)CNC(=O)[C@H](CCCCN)NC(=O)[C@H](Cc1cnc[nH]1)NC(=O)[C@H](CO)NC(=O)[C@H](CC(C)C)NC(=O)[C@H](CCCN=C(N)N)NC(=O)[C@@H]1CCCN1C(=O)[C@H](CCCN=C(N)N)NC)C(=O)N1CCC[C@H]1C(=O)N[C@@H](Cc1ccccc1)C(=O)O. The largest absolute Gasteiger partial charge is 0.480 e. The molecule has 22 N–H and O–H groups in total. The summed E-state index contributed by atoms with van der Waals surface area (Å²) in [6.07, 6.45) is 7.87. The maximum absolute atomic E-state index is 14.4. The summed E-state index contributed by atoms with van der Waals surface area (Å²) in [5.41, 5.74) is 28.9. The fourth-order valence-electron chi connectivity index (χ4n) is 12.5. The molecule has 1 aromatic carbocycles. The van der Waals surface area contributed by atoms with Gasteiger partial charge in [0.2, 0.25) is 65.0 Å². The summed E-state index contributed by atoms with van der Waals surface area (Å²) in [6.45, 7) is 5.05. The van der Waals surface area contributed by atoms with E-state index in [0.29, 0.717) is 75.5 Å². The molecule has 2 aromatic rings. The number of likely N-dealkylation sites (N-methyl/N-ethyl adjacent to an activating group) is 1. The van der Waals surface area contributed by atoms with Crippen LogP contribution < -0.4 is 76.5 Å². The zero-order valence-corrected chi connectivity index (χ0v) is 58.4. The highest BCUT2D eigenvalue weighted by Crippen LogP contribution is 2.24. The van der Waals surface area contributed by atoms with E-state index in [1.165, 1.54) is 27.2 Å². The number of carboxylic acids is 1. The van der Waals surface area contributed by atoms with Gasteiger partial charge in [-0.1, -0.05) is 63.9 Å². The Labute approximate surface area is 588 Å². The number of aromatic amines is 1. The predicted octanol–water partition coefficient (Wildman–Crippen LogP) is -4.18. The molecular weight excluding hydrogens is 1310 g/mol. The molecule has 11 atom stereocenters. The first-order valence-corrected chi connectivity index (χ1v) is 34.9. The van der Waals surface area contributed by atoms with E-state index < -0.39 is 145 Å². The number of aliphatic hydroxyl groups excluding tert-OH is 1. The van der Waals surface area contributed by atoms with E-state index >= 15 is 0 Å². The van der Waals surface area contributed by atoms with Crippen LogP contribution in [0.25, 0.3) is 0 Å². The number of unbranched alkanes of at least 4 members (excludes halogenated alkanes) is 2. The molecule has 35 nitrogen and oxygen atoms in total. The van der Waals surface area contributed by atoms with E-state index in [0.717, 1.165) is 0 Å². The second-order valence-corrected chi connectivity index (χ2v) is 26.1. The summed E-state index contributed by atoms with van der Waals surface area (Å²) in [7, 11) is 1.62. The van der Waals surface area contributed by atoms with Crippen LogP contribution in [0.5, 0.6) is 0 Å². The fraction of sp³-hybridized carbons (Fsp3) is 0.652. The number of carboxylic acid groups (broad SMARTS) is 1. The van der Waals surface area contributed by atoms with E-state index in [4.69, 9.17) is 28.7 Å². The second-order valence-electron chi connectivity index (χ2n) is 26.1. The molecule has 0 bridgehead atoms. The van der Waals surface area contributed by atoms with Gasteiger partial charge < -0.3 is 106 Å². The van der Waals surface area contributed by atoms with Crippen molar-refractivity contribution in [1.82, 2.24) is 72.5 Å². The highest BCUT2D eigenvalue weighted by atomic mass is 16.4. The number of hydrogen-bond acceptors (Lipinski definition) is 18. The fourth-order valence-corrected chi connectivity index (χ4v) is 12.5. The van der Waals surface area contributed by atoms with Gasteiger partial charge in [-0.25, -0.2) is 9.78 Å². The number of aliphatic imine (C=N–C) groups is 2. The summed E-state index contributed by atoms with van der Waals surface area (Å²) >= 11 is 0. The molecule has 0 unspecified atom stereocenters. The van der Waals surface area contributed by atoms with Crippen molar-refractivity contribution < 1.29 is 67.7 Å². The average molecular weight is 1420 g/mol. The number of H-pyrrole nitrogens is 1. The zero-order valence-electron chi connectivity index (χ0n) is 58.4. The highest BCUT2D eigenvalue weighted by molar-refractivity contribution is 5.99. The highest BCUT2D eigenvalue weighted by Gasteiger charge is 2.43. The molecule has 35 heteroatoms. The quantitative estimate of drug-likeness (QED) is 0.0170. The number of nitrogens with zero attached hydrogens (tertiary/aromatic N) is 6. The Hall–Kier alpha value is -9.51. The molecule has 1 aromatic heterocycles. The molecule has 0 radical (unpaired) electrons. The first-order valence-electron chi connectivity index (χ1n) is 34.9. The molecule has 3 saturated heterocycles. The Bertz CT molecular complexity index is 3130. The molecule has 3 aliphatic rings. The Kier molecular flexibility index (Phi) is 34.6. The van der Waals surface area contributed by atoms with Gasteiger partial charge in [-0.2, -0.15) is 0 Å². The molecule has 11 amide bonds. The monoisotopic (exact) mass is 1420 g/mol. The number of likely N-dealkylation sites (tertiary alicyclic amines) is 3. The lowest BCUT2D eigenvalue weighted by molar-refractivity contribution is -0.145. The van der Waals surface area contributed by atoms with Gasteiger partial charge in [0.05, 0.1) is 25.5 Å². The molecule has 560 valence electrons. The maximum atomic E-state index is 14.4. The van der Waals surface area contributed by atoms with Crippen molar-refractivity contribution in [2.75, 3.05) is 59.5 Å². The number of rotatable bonds is 43. The van der Waals surface area contributed by atoms with Gasteiger partial charge in [-0.3, -0.25) is 62.7 Å². The second kappa shape index (κ2) is 42.6. The zero-order chi connectivity index (χ0) is 74.1. The molecule has 4 heterocycles. The van der Waals surface area contributed by atoms with Crippen molar-refractivity contribution in [1.29, 1.82) is 0 Å². The van der Waals surface area contributed by atoms with Crippen LogP contribution in [0.2, 0.25) is 0 Å². The number of amides is 11. The molecule has 0 aliphatic carbocycles. The number of carbonyl (C=O) groups is 12. The van der Waals surface area contributed by atoms with Crippen LogP contribution in [-0.2, 0) is 70.4 Å². The Morgan fingerprint density at radius 3 is 1.58 bits per heavy atom. The average Bonchev–Trinajstić information content (AvgIpc) is 1.78. The molecule has 0 spiro atoms. The van der Waals surface area contributed by atoms with Crippen LogP contribution >= 0.6 is 0 Å². The van der Waals surface area contributed by atoms with E-state index in [1.54, 1.807) is 51.2 Å². The Morgan fingerprint density at radius 2 is 1.05 bits per heavy atom. The lowest BCUT2D eigenvalue weighted by Crippen LogP contribution is -2.61. The minimum atomic E-state index is -1.73. The molecule has 5 rings (SSSR count). The first-order chi connectivity index (χ1) is 48.3. The van der Waals surface area contributed by atoms with Gasteiger partial charge in [0.25, 0.3) is 0 Å². The van der Waals surface area contributed by atoms with Crippen molar-refractivity contribution in [2.45, 2.75) is 209 Å². The summed E-state index contributed by atoms with van der Waals surface area (Å²) in [6, 6.07) is -4.37. The van der Waals surface area contributed by atoms with Gasteiger partial charge in [0.15, 0.2) is 11.9 Å². The number of guanidine groups is 2. The predicted molar refractivity (Wildman–Crippen MR) is 372 cm³/mol. The normalized spacial score (nSPS) is 18.1. The third kappa shape index (κ3) is 26.5. The Morgan fingerprint density at radius 1 is 0.574 bits per heavy atom. The number of nitrogens with two attached hydrogens (primary N) is 5. The van der Waals surface area contributed by atoms with Crippen LogP contribution in [0.15, 0.2) is 52.8 Å². The van der Waals surface area contributed by atoms with Crippen LogP contribution in [0.1, 0.15) is 141 Å². The molecule has 0 saturated carbocycles. The first kappa shape index (κ1) is 82.2. The number of benzene rings is 1. The van der Waals surface area contributed by atoms with E-state index in [9.17, 15) is 67.7 Å². The van der Waals surface area contributed by atoms with Gasteiger partial charge >= 0.3 is 5.97 Å². The van der Waals surface area contributed by atoms with Crippen molar-refractivity contribution in [3.8, 4) is 0 Å². The number of carbonyl (C=O) groups excluding carboxylic acids is 11. The number of aromatic nitrogens is 2. The van der Waals surface area contributed by atoms with Crippen LogP contribution in [0.4, 0.5) is 0 Å². The lowest BCUT2D eigenvalue weighted by Gasteiger charge is -2.31. The number of aliphatic carboxylic acids is 1. The standard InChI is InChI=1S/C66H107N21O14/c1-5-6-19-45(63(99)87-31-16-25-52(87)61(97)83-48(64(100)101)33-40-17-8-7-9-18-40)80-59(95)50-23-14-29-85(50)53(89)36-76-54(90)42(20-10-11-26-67)78-57(93)47(34-41-35-73-38-77-41)82-58(94)49(37-88)84-56(92)46(32-39(2)3)81-55(91)43(21-12-27-74-65(68)69)79-60(96)51-24-15-30-86(51)62(98)44(72-4)22-13-28-75-66(70)71/h7-9,17-18,35,38-39,42-52,72,88H,5-6,10-16,19-34,36-37,67H2,1-4H3,(H,73,77)(H,76,90)(H,78,93)(H,79,96)(H,80,95)(H,81,91)(H,82,94)(H,83,97)(H,84,92)(H,100,101)(H4,68,69,74)(H4,70,71,75)/t42-,43-,44-,45-,46-,47-,48-,49-,50-,51-,52-/m0/s1. The van der Waals surface area contributed by atoms with E-state index in [1.807, 2.05) is 6.92 Å². The number of imidazole rings is 1. The topological polar surface area (TPSA) is 547 Å². The summed E-state index contributed by atoms with van der Waals surface area (Å²) in [5, 5.41) is 44.9. The molecular formula is C66H107N21O14. The molecule has 101 heavy (non-hydrogen) atoms. The van der Waals surface area contributed by atoms with Gasteiger partial charge in [0, 0.05) is 57.5 Å². The van der Waals surface area contributed by atoms with Gasteiger partial charge in [0.1, 0.15) is 60.4 Å². The van der Waals surface area contributed by atoms with Crippen molar-refractivity contribution in [3.63, 3.8) is 0 Å². The number of hydrogen-bond donors (Lipinski definition) is 17. The van der Waals surface area contributed by atoms with Crippen molar-refractivity contribution in [3.05, 3.63) is 54.1 Å². The number of nitrogens with one attached hydrogen (secondary N) is 10. The molecule has 3 aliphatic heterocycles. The Balaban J connectivity index is 1.25. The molecule has 3 fully saturated rings. The minimum absolute atomic E-state index is 0.00578. The van der Waals surface area contributed by atoms with Gasteiger partial charge in [-0.05, 0) is 121 Å². The van der Waals surface area contributed by atoms with Crippen LogP contribution in [0, 0.1) is 5.92 Å². The van der Waals surface area contributed by atoms with Crippen LogP contribution in [-0.4, -0.2) is 244 Å². The van der Waals surface area contributed by atoms with E-state index in [2.05, 4.69) is 67.8 Å². The third-order valence-corrected chi connectivity index (χ3v) is 17.8. The smallest absolute Gasteiger partial charge is 0.326 e. The third-order valence-electron chi connectivity index (χ3n) is 17.8. The van der Waals surface area contributed by atoms with Crippen LogP contribution in [0.3, 0.4) is 0 Å². The maximum Gasteiger partial charge on any atom is 0.326 e. The van der Waals surface area contributed by atoms with Crippen molar-refractivity contribution in [2.24, 2.45) is 44.6 Å².